The Bertz CT molecular complexity index is 361. The Hall–Kier alpha value is -0.900. The Morgan fingerprint density at radius 2 is 1.83 bits per heavy atom. The molecule has 0 unspecified atom stereocenters. The Kier molecular flexibility index (Phi) is 3.93. The van der Waals surface area contributed by atoms with E-state index in [2.05, 4.69) is 45.4 Å². The molecule has 3 rings (SSSR count). The summed E-state index contributed by atoms with van der Waals surface area (Å²) in [6.45, 7) is 8.46. The molecule has 3 nitrogen and oxygen atoms in total. The lowest BCUT2D eigenvalue weighted by atomic mass is 10.1. The molecule has 2 saturated heterocycles. The number of hydrogen-bond donors (Lipinski definition) is 1. The minimum atomic E-state index is 0.807. The van der Waals surface area contributed by atoms with E-state index in [0.717, 1.165) is 12.6 Å². The van der Waals surface area contributed by atoms with Gasteiger partial charge in [-0.1, -0.05) is 30.3 Å². The van der Waals surface area contributed by atoms with Crippen molar-refractivity contribution in [3.63, 3.8) is 0 Å². The zero-order chi connectivity index (χ0) is 12.2. The molecule has 3 heteroatoms. The lowest BCUT2D eigenvalue weighted by molar-refractivity contribution is 0.148. The number of hydrogen-bond acceptors (Lipinski definition) is 3. The van der Waals surface area contributed by atoms with Gasteiger partial charge in [-0.05, 0) is 25.1 Å². The topological polar surface area (TPSA) is 18.5 Å². The summed E-state index contributed by atoms with van der Waals surface area (Å²) in [7, 11) is 0. The number of nitrogens with zero attached hydrogens (tertiary/aromatic N) is 2. The van der Waals surface area contributed by atoms with Crippen LogP contribution in [0.1, 0.15) is 12.0 Å². The molecule has 0 amide bonds. The van der Waals surface area contributed by atoms with Gasteiger partial charge in [0.1, 0.15) is 0 Å². The third-order valence-corrected chi connectivity index (χ3v) is 4.15. The van der Waals surface area contributed by atoms with Gasteiger partial charge in [0, 0.05) is 38.8 Å². The summed E-state index contributed by atoms with van der Waals surface area (Å²) in [5.41, 5.74) is 1.44. The fraction of sp³-hybridized carbons (Fsp3) is 0.600. The molecule has 2 heterocycles. The van der Waals surface area contributed by atoms with Gasteiger partial charge in [0.15, 0.2) is 0 Å². The molecule has 2 aliphatic rings. The average Bonchev–Trinajstić information content (AvgIpc) is 2.55. The van der Waals surface area contributed by atoms with Gasteiger partial charge in [-0.15, -0.1) is 0 Å². The monoisotopic (exact) mass is 245 g/mol. The van der Waals surface area contributed by atoms with E-state index in [0.29, 0.717) is 0 Å². The summed E-state index contributed by atoms with van der Waals surface area (Å²) < 4.78 is 0. The van der Waals surface area contributed by atoms with Gasteiger partial charge < -0.3 is 5.32 Å². The number of benzene rings is 1. The predicted octanol–water partition coefficient (Wildman–Crippen LogP) is 1.17. The second-order valence-electron chi connectivity index (χ2n) is 5.46. The first-order valence-electron chi connectivity index (χ1n) is 7.13. The van der Waals surface area contributed by atoms with Crippen LogP contribution in [0.3, 0.4) is 0 Å². The van der Waals surface area contributed by atoms with Crippen LogP contribution >= 0.6 is 0 Å². The normalized spacial score (nSPS) is 23.6. The minimum absolute atomic E-state index is 0.807. The molecule has 98 valence electrons. The molecule has 1 aromatic rings. The zero-order valence-electron chi connectivity index (χ0n) is 11.0. The SMILES string of the molecule is c1ccc(CN2CCCN(C3CNC3)CC2)cc1. The van der Waals surface area contributed by atoms with Crippen LogP contribution in [0.15, 0.2) is 30.3 Å². The third kappa shape index (κ3) is 2.91. The number of nitrogens with one attached hydrogen (secondary N) is 1. The van der Waals surface area contributed by atoms with E-state index in [-0.39, 0.29) is 0 Å². The van der Waals surface area contributed by atoms with Crippen molar-refractivity contribution >= 4 is 0 Å². The smallest absolute Gasteiger partial charge is 0.0345 e. The van der Waals surface area contributed by atoms with Crippen LogP contribution in [0.4, 0.5) is 0 Å². The first-order valence-corrected chi connectivity index (χ1v) is 7.13. The lowest BCUT2D eigenvalue weighted by Gasteiger charge is -2.37. The standard InChI is InChI=1S/C15H23N3/c1-2-5-14(6-3-1)13-17-7-4-8-18(10-9-17)15-11-16-12-15/h1-3,5-6,15-16H,4,7-13H2. The average molecular weight is 245 g/mol. The van der Waals surface area contributed by atoms with Gasteiger partial charge in [-0.25, -0.2) is 0 Å². The molecule has 0 radical (unpaired) electrons. The summed E-state index contributed by atoms with van der Waals surface area (Å²) in [6, 6.07) is 11.6. The summed E-state index contributed by atoms with van der Waals surface area (Å²) >= 11 is 0. The highest BCUT2D eigenvalue weighted by Gasteiger charge is 2.26. The zero-order valence-corrected chi connectivity index (χ0v) is 11.0. The maximum absolute atomic E-state index is 3.37. The van der Waals surface area contributed by atoms with E-state index < -0.39 is 0 Å². The van der Waals surface area contributed by atoms with Crippen LogP contribution in [0, 0.1) is 0 Å². The quantitative estimate of drug-likeness (QED) is 0.862. The Labute approximate surface area is 110 Å². The van der Waals surface area contributed by atoms with Gasteiger partial charge >= 0.3 is 0 Å². The van der Waals surface area contributed by atoms with Gasteiger partial charge in [0.05, 0.1) is 0 Å². The molecule has 1 N–H and O–H groups in total. The molecule has 2 aliphatic heterocycles. The van der Waals surface area contributed by atoms with Crippen LogP contribution in [-0.2, 0) is 6.54 Å². The molecule has 0 aromatic heterocycles. The van der Waals surface area contributed by atoms with Crippen molar-refractivity contribution in [3.8, 4) is 0 Å². The van der Waals surface area contributed by atoms with Crippen LogP contribution in [0.2, 0.25) is 0 Å². The van der Waals surface area contributed by atoms with Gasteiger partial charge in [-0.2, -0.15) is 0 Å². The summed E-state index contributed by atoms with van der Waals surface area (Å²) in [5, 5.41) is 3.37. The van der Waals surface area contributed by atoms with E-state index in [4.69, 9.17) is 0 Å². The van der Waals surface area contributed by atoms with E-state index >= 15 is 0 Å². The van der Waals surface area contributed by atoms with Crippen LogP contribution in [-0.4, -0.2) is 55.1 Å². The van der Waals surface area contributed by atoms with Crippen molar-refractivity contribution in [3.05, 3.63) is 35.9 Å². The Balaban J connectivity index is 1.52. The van der Waals surface area contributed by atoms with Crippen molar-refractivity contribution in [1.29, 1.82) is 0 Å². The largest absolute Gasteiger partial charge is 0.314 e. The number of rotatable bonds is 3. The van der Waals surface area contributed by atoms with E-state index in [1.54, 1.807) is 0 Å². The Morgan fingerprint density at radius 1 is 1.00 bits per heavy atom. The minimum Gasteiger partial charge on any atom is -0.314 e. The van der Waals surface area contributed by atoms with Crippen LogP contribution in [0.25, 0.3) is 0 Å². The summed E-state index contributed by atoms with van der Waals surface area (Å²) in [6.07, 6.45) is 1.31. The molecule has 18 heavy (non-hydrogen) atoms. The van der Waals surface area contributed by atoms with Crippen molar-refractivity contribution in [2.75, 3.05) is 39.3 Å². The van der Waals surface area contributed by atoms with Crippen molar-refractivity contribution < 1.29 is 0 Å². The van der Waals surface area contributed by atoms with E-state index in [9.17, 15) is 0 Å². The summed E-state index contributed by atoms with van der Waals surface area (Å²) in [5.74, 6) is 0. The molecular formula is C15H23N3. The molecule has 0 bridgehead atoms. The van der Waals surface area contributed by atoms with Crippen molar-refractivity contribution in [2.24, 2.45) is 0 Å². The molecule has 2 fully saturated rings. The lowest BCUT2D eigenvalue weighted by Crippen LogP contribution is -2.57. The second kappa shape index (κ2) is 5.83. The first kappa shape index (κ1) is 12.2. The Morgan fingerprint density at radius 3 is 2.56 bits per heavy atom. The maximum atomic E-state index is 3.37. The van der Waals surface area contributed by atoms with Crippen molar-refractivity contribution in [1.82, 2.24) is 15.1 Å². The molecule has 0 atom stereocenters. The van der Waals surface area contributed by atoms with Gasteiger partial charge in [-0.3, -0.25) is 9.80 Å². The maximum Gasteiger partial charge on any atom is 0.0345 e. The van der Waals surface area contributed by atoms with Gasteiger partial charge in [0.2, 0.25) is 0 Å². The first-order chi connectivity index (χ1) is 8.92. The second-order valence-corrected chi connectivity index (χ2v) is 5.46. The molecule has 0 aliphatic carbocycles. The van der Waals surface area contributed by atoms with E-state index in [1.807, 2.05) is 0 Å². The van der Waals surface area contributed by atoms with Gasteiger partial charge in [0.25, 0.3) is 0 Å². The summed E-state index contributed by atoms with van der Waals surface area (Å²) in [4.78, 5) is 5.27. The predicted molar refractivity (Wildman–Crippen MR) is 74.6 cm³/mol. The van der Waals surface area contributed by atoms with Crippen LogP contribution < -0.4 is 5.32 Å². The van der Waals surface area contributed by atoms with Crippen molar-refractivity contribution in [2.45, 2.75) is 19.0 Å². The highest BCUT2D eigenvalue weighted by molar-refractivity contribution is 5.14. The molecule has 0 spiro atoms. The molecule has 1 aromatic carbocycles. The van der Waals surface area contributed by atoms with E-state index in [1.165, 1.54) is 51.3 Å². The molecular weight excluding hydrogens is 222 g/mol. The molecule has 0 saturated carbocycles. The fourth-order valence-electron chi connectivity index (χ4n) is 2.89. The highest BCUT2D eigenvalue weighted by atomic mass is 15.3. The highest BCUT2D eigenvalue weighted by Crippen LogP contribution is 2.12. The third-order valence-electron chi connectivity index (χ3n) is 4.15. The van der Waals surface area contributed by atoms with Crippen LogP contribution in [0.5, 0.6) is 0 Å². The fourth-order valence-corrected chi connectivity index (χ4v) is 2.89.